The van der Waals surface area contributed by atoms with Crippen LogP contribution in [-0.4, -0.2) is 96.9 Å². The summed E-state index contributed by atoms with van der Waals surface area (Å²) in [5.74, 6) is 1.40. The maximum atomic E-state index is 12.2. The predicted molar refractivity (Wildman–Crippen MR) is 173 cm³/mol. The van der Waals surface area contributed by atoms with Crippen molar-refractivity contribution in [2.24, 2.45) is 11.7 Å². The Hall–Kier alpha value is -3.87. The maximum Gasteiger partial charge on any atom is 0.306 e. The number of carbonyl (C=O) groups is 2. The van der Waals surface area contributed by atoms with Crippen molar-refractivity contribution in [2.45, 2.75) is 64.8 Å². The molecule has 2 fully saturated rings. The number of aromatic nitrogens is 3. The van der Waals surface area contributed by atoms with Crippen LogP contribution in [0.1, 0.15) is 58.8 Å². The SMILES string of the molecule is CCCC[C@H](N)C(=O)NCCCCNc1nc(N2CCC(C(=O)O)CC2)nc(N2CCN(c3ccccc3OCC)CC2)n1. The molecule has 1 aromatic heterocycles. The normalized spacial score (nSPS) is 16.5. The second-order valence-corrected chi connectivity index (χ2v) is 11.4. The Balaban J connectivity index is 1.37. The molecule has 0 saturated carbocycles. The lowest BCUT2D eigenvalue weighted by atomic mass is 9.97. The number of carboxylic acids is 1. The largest absolute Gasteiger partial charge is 0.492 e. The second-order valence-electron chi connectivity index (χ2n) is 11.4. The number of benzene rings is 1. The summed E-state index contributed by atoms with van der Waals surface area (Å²) >= 11 is 0. The van der Waals surface area contributed by atoms with E-state index < -0.39 is 12.0 Å². The Labute approximate surface area is 260 Å². The van der Waals surface area contributed by atoms with E-state index in [4.69, 9.17) is 25.4 Å². The molecule has 2 aliphatic heterocycles. The van der Waals surface area contributed by atoms with E-state index in [1.807, 2.05) is 25.1 Å². The van der Waals surface area contributed by atoms with Crippen LogP contribution in [-0.2, 0) is 9.59 Å². The van der Waals surface area contributed by atoms with Crippen LogP contribution < -0.4 is 35.8 Å². The van der Waals surface area contributed by atoms with Gasteiger partial charge in [-0.1, -0.05) is 31.9 Å². The number of para-hydroxylation sites is 2. The number of nitrogens with two attached hydrogens (primary N) is 1. The van der Waals surface area contributed by atoms with Crippen LogP contribution in [0.4, 0.5) is 23.5 Å². The van der Waals surface area contributed by atoms with E-state index in [0.29, 0.717) is 69.9 Å². The molecular weight excluding hydrogens is 562 g/mol. The molecule has 5 N–H and O–H groups in total. The van der Waals surface area contributed by atoms with Crippen molar-refractivity contribution in [1.29, 1.82) is 0 Å². The van der Waals surface area contributed by atoms with Crippen molar-refractivity contribution in [3.63, 3.8) is 0 Å². The van der Waals surface area contributed by atoms with Gasteiger partial charge >= 0.3 is 5.97 Å². The molecule has 1 aromatic carbocycles. The number of hydrogen-bond donors (Lipinski definition) is 4. The van der Waals surface area contributed by atoms with Gasteiger partial charge in [0.15, 0.2) is 0 Å². The van der Waals surface area contributed by atoms with Crippen LogP contribution in [0.5, 0.6) is 5.75 Å². The Morgan fingerprint density at radius 2 is 1.57 bits per heavy atom. The van der Waals surface area contributed by atoms with Gasteiger partial charge < -0.3 is 40.9 Å². The van der Waals surface area contributed by atoms with Gasteiger partial charge in [0, 0.05) is 52.4 Å². The summed E-state index contributed by atoms with van der Waals surface area (Å²) < 4.78 is 5.86. The molecule has 242 valence electrons. The summed E-state index contributed by atoms with van der Waals surface area (Å²) in [6.45, 7) is 10.2. The number of hydrogen-bond acceptors (Lipinski definition) is 11. The Morgan fingerprint density at radius 1 is 0.932 bits per heavy atom. The van der Waals surface area contributed by atoms with Gasteiger partial charge in [0.1, 0.15) is 5.75 Å². The van der Waals surface area contributed by atoms with Gasteiger partial charge in [-0.15, -0.1) is 0 Å². The second kappa shape index (κ2) is 16.8. The minimum Gasteiger partial charge on any atom is -0.492 e. The van der Waals surface area contributed by atoms with Gasteiger partial charge in [-0.2, -0.15) is 15.0 Å². The van der Waals surface area contributed by atoms with Crippen LogP contribution in [0.25, 0.3) is 0 Å². The number of ether oxygens (including phenoxy) is 1. The Kier molecular flexibility index (Phi) is 12.6. The molecule has 1 amide bonds. The fourth-order valence-corrected chi connectivity index (χ4v) is 5.53. The molecular formula is C31H49N9O4. The third-order valence-electron chi connectivity index (χ3n) is 8.20. The van der Waals surface area contributed by atoms with E-state index in [-0.39, 0.29) is 11.8 Å². The van der Waals surface area contributed by atoms with Gasteiger partial charge in [-0.25, -0.2) is 0 Å². The first-order chi connectivity index (χ1) is 21.4. The number of rotatable bonds is 16. The van der Waals surface area contributed by atoms with Crippen molar-refractivity contribution in [2.75, 3.05) is 79.0 Å². The first-order valence-electron chi connectivity index (χ1n) is 16.1. The monoisotopic (exact) mass is 611 g/mol. The van der Waals surface area contributed by atoms with Crippen molar-refractivity contribution >= 4 is 35.4 Å². The van der Waals surface area contributed by atoms with Gasteiger partial charge in [-0.3, -0.25) is 9.59 Å². The molecule has 1 atom stereocenters. The summed E-state index contributed by atoms with van der Waals surface area (Å²) in [5, 5.41) is 15.7. The molecule has 13 heteroatoms. The number of aliphatic carboxylic acids is 1. The first kappa shape index (κ1) is 33.0. The molecule has 0 radical (unpaired) electrons. The smallest absolute Gasteiger partial charge is 0.306 e. The van der Waals surface area contributed by atoms with Crippen molar-refractivity contribution in [1.82, 2.24) is 20.3 Å². The molecule has 0 spiro atoms. The van der Waals surface area contributed by atoms with E-state index in [9.17, 15) is 14.7 Å². The fourth-order valence-electron chi connectivity index (χ4n) is 5.53. The average molecular weight is 612 g/mol. The molecule has 0 unspecified atom stereocenters. The summed E-state index contributed by atoms with van der Waals surface area (Å²) in [5.41, 5.74) is 7.05. The molecule has 3 heterocycles. The first-order valence-corrected chi connectivity index (χ1v) is 16.1. The van der Waals surface area contributed by atoms with Crippen LogP contribution in [0.2, 0.25) is 0 Å². The van der Waals surface area contributed by atoms with Crippen molar-refractivity contribution < 1.29 is 19.4 Å². The zero-order chi connectivity index (χ0) is 31.3. The minimum atomic E-state index is -0.744. The van der Waals surface area contributed by atoms with E-state index in [0.717, 1.165) is 63.3 Å². The summed E-state index contributed by atoms with van der Waals surface area (Å²) in [6, 6.07) is 7.68. The quantitative estimate of drug-likeness (QED) is 0.206. The zero-order valence-electron chi connectivity index (χ0n) is 26.2. The van der Waals surface area contributed by atoms with E-state index in [1.165, 1.54) is 0 Å². The fraction of sp³-hybridized carbons (Fsp3) is 0.645. The highest BCUT2D eigenvalue weighted by atomic mass is 16.5. The number of nitrogens with one attached hydrogen (secondary N) is 2. The number of carbonyl (C=O) groups excluding carboxylic acids is 1. The lowest BCUT2D eigenvalue weighted by molar-refractivity contribution is -0.142. The summed E-state index contributed by atoms with van der Waals surface area (Å²) in [7, 11) is 0. The highest BCUT2D eigenvalue weighted by Crippen LogP contribution is 2.30. The molecule has 0 bridgehead atoms. The van der Waals surface area contributed by atoms with Crippen LogP contribution >= 0.6 is 0 Å². The number of nitrogens with zero attached hydrogens (tertiary/aromatic N) is 6. The number of anilines is 4. The van der Waals surface area contributed by atoms with Crippen LogP contribution in [0, 0.1) is 5.92 Å². The minimum absolute atomic E-state index is 0.0914. The third kappa shape index (κ3) is 9.31. The molecule has 4 rings (SSSR count). The van der Waals surface area contributed by atoms with E-state index >= 15 is 0 Å². The topological polar surface area (TPSA) is 162 Å². The molecule has 2 saturated heterocycles. The van der Waals surface area contributed by atoms with Gasteiger partial charge in [0.05, 0.1) is 24.3 Å². The highest BCUT2D eigenvalue weighted by Gasteiger charge is 2.28. The zero-order valence-corrected chi connectivity index (χ0v) is 26.2. The van der Waals surface area contributed by atoms with Crippen molar-refractivity contribution in [3.8, 4) is 5.75 Å². The van der Waals surface area contributed by atoms with E-state index in [2.05, 4.69) is 38.3 Å². The lowest BCUT2D eigenvalue weighted by Gasteiger charge is -2.37. The number of unbranched alkanes of at least 4 members (excludes halogenated alkanes) is 2. The highest BCUT2D eigenvalue weighted by molar-refractivity contribution is 5.81. The van der Waals surface area contributed by atoms with Gasteiger partial charge in [-0.05, 0) is 51.2 Å². The number of piperidine rings is 1. The average Bonchev–Trinajstić information content (AvgIpc) is 3.05. The number of piperazine rings is 1. The molecule has 2 aromatic rings. The Morgan fingerprint density at radius 3 is 2.23 bits per heavy atom. The molecule has 0 aliphatic carbocycles. The lowest BCUT2D eigenvalue weighted by Crippen LogP contribution is -2.47. The summed E-state index contributed by atoms with van der Waals surface area (Å²) in [4.78, 5) is 44.6. The standard InChI is InChI=1S/C31H49N9O4/c1-3-5-10-24(32)27(41)33-15-8-9-16-34-29-35-30(39-17-13-23(14-18-39)28(42)43)37-31(36-29)40-21-19-38(20-22-40)25-11-6-7-12-26(25)44-4-2/h6-7,11-12,23-24H,3-5,8-10,13-22,32H2,1-2H3,(H,33,41)(H,42,43)(H,34,35,36,37)/t24-/m0/s1. The molecule has 44 heavy (non-hydrogen) atoms. The van der Waals surface area contributed by atoms with Crippen LogP contribution in [0.3, 0.4) is 0 Å². The van der Waals surface area contributed by atoms with Gasteiger partial charge in [0.2, 0.25) is 23.8 Å². The number of carboxylic acid groups (broad SMARTS) is 1. The third-order valence-corrected chi connectivity index (χ3v) is 8.20. The predicted octanol–water partition coefficient (Wildman–Crippen LogP) is 2.72. The Bertz CT molecular complexity index is 1200. The van der Waals surface area contributed by atoms with Crippen LogP contribution in [0.15, 0.2) is 24.3 Å². The van der Waals surface area contributed by atoms with Crippen molar-refractivity contribution in [3.05, 3.63) is 24.3 Å². The maximum absolute atomic E-state index is 12.2. The number of amides is 1. The summed E-state index contributed by atoms with van der Waals surface area (Å²) in [6.07, 6.45) is 5.42. The molecule has 2 aliphatic rings. The van der Waals surface area contributed by atoms with E-state index in [1.54, 1.807) is 0 Å². The molecule has 13 nitrogen and oxygen atoms in total. The van der Waals surface area contributed by atoms with Gasteiger partial charge in [0.25, 0.3) is 0 Å².